The molecule has 4 nitrogen and oxygen atoms in total. The molecule has 0 bridgehead atoms. The Bertz CT molecular complexity index is 367. The van der Waals surface area contributed by atoms with Crippen LogP contribution in [0.15, 0.2) is 9.27 Å². The van der Waals surface area contributed by atoms with E-state index in [-0.39, 0.29) is 15.9 Å². The number of H-pyrrole nitrogens is 1. The summed E-state index contributed by atoms with van der Waals surface area (Å²) in [7, 11) is 0. The Morgan fingerprint density at radius 3 is 2.93 bits per heavy atom. The molecule has 1 aromatic heterocycles. The minimum absolute atomic E-state index is 0.0849. The van der Waals surface area contributed by atoms with E-state index in [0.717, 1.165) is 12.2 Å². The largest absolute Gasteiger partial charge is 0.492 e. The fourth-order valence-electron chi connectivity index (χ4n) is 0.874. The molecule has 2 N–H and O–H groups in total. The number of aromatic amines is 1. The first-order valence-corrected chi connectivity index (χ1v) is 6.15. The van der Waals surface area contributed by atoms with Crippen molar-refractivity contribution in [2.24, 2.45) is 0 Å². The zero-order valence-corrected chi connectivity index (χ0v) is 10.1. The molecule has 0 aromatic carbocycles. The molecule has 0 spiro atoms. The van der Waals surface area contributed by atoms with Crippen molar-refractivity contribution in [1.29, 1.82) is 0 Å². The van der Waals surface area contributed by atoms with Gasteiger partial charge in [0.25, 0.3) is 5.56 Å². The second kappa shape index (κ2) is 5.41. The van der Waals surface area contributed by atoms with Gasteiger partial charge in [0, 0.05) is 0 Å². The van der Waals surface area contributed by atoms with Gasteiger partial charge in [-0.05, 0) is 28.1 Å². The van der Waals surface area contributed by atoms with Gasteiger partial charge < -0.3 is 10.1 Å². The van der Waals surface area contributed by atoms with Crippen molar-refractivity contribution in [3.63, 3.8) is 0 Å². The molecule has 0 radical (unpaired) electrons. The normalized spacial score (nSPS) is 10.4. The fraction of sp³-hybridized carbons (Fsp3) is 0.500. The summed E-state index contributed by atoms with van der Waals surface area (Å²) in [5, 5.41) is 9.25. The van der Waals surface area contributed by atoms with E-state index in [2.05, 4.69) is 32.8 Å². The molecule has 6 heteroatoms. The Balaban J connectivity index is 2.75. The number of thioether (sulfide) groups is 1. The van der Waals surface area contributed by atoms with Crippen LogP contribution in [0.25, 0.3) is 0 Å². The third-order valence-corrected chi connectivity index (χ3v) is 3.37. The van der Waals surface area contributed by atoms with Gasteiger partial charge in [-0.15, -0.1) is 0 Å². The predicted octanol–water partition coefficient (Wildman–Crippen LogP) is 1.88. The molecule has 0 aliphatic carbocycles. The van der Waals surface area contributed by atoms with E-state index in [0.29, 0.717) is 11.6 Å². The van der Waals surface area contributed by atoms with E-state index >= 15 is 0 Å². The smallest absolute Gasteiger partial charge is 0.269 e. The lowest BCUT2D eigenvalue weighted by Gasteiger charge is -2.01. The van der Waals surface area contributed by atoms with Crippen LogP contribution >= 0.6 is 27.7 Å². The van der Waals surface area contributed by atoms with Gasteiger partial charge in [-0.25, -0.2) is 0 Å². The summed E-state index contributed by atoms with van der Waals surface area (Å²) in [6.45, 7) is 2.09. The molecule has 0 aliphatic rings. The zero-order chi connectivity index (χ0) is 10.6. The highest BCUT2D eigenvalue weighted by Gasteiger charge is 2.06. The Labute approximate surface area is 94.3 Å². The molecular formula is C8H11BrN2O2S. The minimum Gasteiger partial charge on any atom is -0.492 e. The number of nitrogens with zero attached hydrogens (tertiary/aromatic N) is 1. The first kappa shape index (κ1) is 11.6. The summed E-state index contributed by atoms with van der Waals surface area (Å²) in [5.41, 5.74) is -0.343. The standard InChI is InChI=1S/C8H11BrN2O2S/c1-2-3-14-4-5-10-7(12)6(9)8(13)11-5/h2-4H2,1H3,(H2,10,11,12,13). The van der Waals surface area contributed by atoms with Crippen molar-refractivity contribution in [2.45, 2.75) is 19.1 Å². The van der Waals surface area contributed by atoms with Crippen molar-refractivity contribution in [3.8, 4) is 5.88 Å². The maximum absolute atomic E-state index is 11.2. The van der Waals surface area contributed by atoms with Gasteiger partial charge in [-0.2, -0.15) is 16.7 Å². The lowest BCUT2D eigenvalue weighted by atomic mass is 10.6. The van der Waals surface area contributed by atoms with Crippen LogP contribution in [0, 0.1) is 0 Å². The number of rotatable bonds is 4. The van der Waals surface area contributed by atoms with Crippen molar-refractivity contribution < 1.29 is 5.11 Å². The maximum atomic E-state index is 11.2. The summed E-state index contributed by atoms with van der Waals surface area (Å²) < 4.78 is 0.0849. The number of aromatic nitrogens is 2. The van der Waals surface area contributed by atoms with Crippen molar-refractivity contribution in [2.75, 3.05) is 5.75 Å². The topological polar surface area (TPSA) is 66.0 Å². The molecule has 1 aromatic rings. The Morgan fingerprint density at radius 2 is 2.36 bits per heavy atom. The summed E-state index contributed by atoms with van der Waals surface area (Å²) in [4.78, 5) is 17.6. The molecular weight excluding hydrogens is 268 g/mol. The van der Waals surface area contributed by atoms with E-state index in [1.54, 1.807) is 11.8 Å². The lowest BCUT2D eigenvalue weighted by Crippen LogP contribution is -2.11. The van der Waals surface area contributed by atoms with Crippen LogP contribution in [0.5, 0.6) is 5.88 Å². The number of aromatic hydroxyl groups is 1. The Kier molecular flexibility index (Phi) is 4.47. The quantitative estimate of drug-likeness (QED) is 0.826. The molecule has 0 unspecified atom stereocenters. The maximum Gasteiger partial charge on any atom is 0.269 e. The van der Waals surface area contributed by atoms with Crippen molar-refractivity contribution in [1.82, 2.24) is 9.97 Å². The molecule has 14 heavy (non-hydrogen) atoms. The third-order valence-electron chi connectivity index (χ3n) is 1.48. The van der Waals surface area contributed by atoms with E-state index in [9.17, 15) is 9.90 Å². The molecule has 1 heterocycles. The van der Waals surface area contributed by atoms with Crippen LogP contribution in [-0.2, 0) is 5.75 Å². The van der Waals surface area contributed by atoms with Gasteiger partial charge >= 0.3 is 0 Å². The monoisotopic (exact) mass is 278 g/mol. The van der Waals surface area contributed by atoms with Gasteiger partial charge in [0.1, 0.15) is 10.3 Å². The van der Waals surface area contributed by atoms with Crippen LogP contribution < -0.4 is 5.56 Å². The number of nitrogens with one attached hydrogen (secondary N) is 1. The van der Waals surface area contributed by atoms with Crippen LogP contribution in [0.1, 0.15) is 19.2 Å². The molecule has 0 amide bonds. The average molecular weight is 279 g/mol. The third kappa shape index (κ3) is 3.02. The average Bonchev–Trinajstić information content (AvgIpc) is 2.14. The van der Waals surface area contributed by atoms with Crippen LogP contribution in [-0.4, -0.2) is 20.8 Å². The lowest BCUT2D eigenvalue weighted by molar-refractivity contribution is 0.444. The van der Waals surface area contributed by atoms with Crippen molar-refractivity contribution >= 4 is 27.7 Å². The van der Waals surface area contributed by atoms with Crippen molar-refractivity contribution in [3.05, 3.63) is 20.7 Å². The minimum atomic E-state index is -0.343. The molecule has 0 aliphatic heterocycles. The summed E-state index contributed by atoms with van der Waals surface area (Å²) in [5.74, 6) is 1.89. The van der Waals surface area contributed by atoms with Crippen LogP contribution in [0.4, 0.5) is 0 Å². The van der Waals surface area contributed by atoms with E-state index in [4.69, 9.17) is 0 Å². The van der Waals surface area contributed by atoms with Gasteiger partial charge in [-0.3, -0.25) is 4.79 Å². The van der Waals surface area contributed by atoms with Crippen LogP contribution in [0.3, 0.4) is 0 Å². The number of hydrogen-bond acceptors (Lipinski definition) is 4. The highest BCUT2D eigenvalue weighted by molar-refractivity contribution is 9.10. The predicted molar refractivity (Wildman–Crippen MR) is 60.7 cm³/mol. The summed E-state index contributed by atoms with van der Waals surface area (Å²) in [6.07, 6.45) is 1.08. The first-order valence-electron chi connectivity index (χ1n) is 4.20. The second-order valence-corrected chi connectivity index (χ2v) is 4.60. The number of hydrogen-bond donors (Lipinski definition) is 2. The fourth-order valence-corrected chi connectivity index (χ4v) is 1.82. The van der Waals surface area contributed by atoms with Gasteiger partial charge in [0.2, 0.25) is 5.88 Å². The SMILES string of the molecule is CCCSCc1nc(O)c(Br)c(=O)[nH]1. The van der Waals surface area contributed by atoms with E-state index < -0.39 is 0 Å². The molecule has 0 saturated heterocycles. The first-order chi connectivity index (χ1) is 6.65. The highest BCUT2D eigenvalue weighted by Crippen LogP contribution is 2.17. The Morgan fingerprint density at radius 1 is 1.64 bits per heavy atom. The van der Waals surface area contributed by atoms with Gasteiger partial charge in [0.15, 0.2) is 0 Å². The van der Waals surface area contributed by atoms with Gasteiger partial charge in [0.05, 0.1) is 5.75 Å². The molecule has 0 atom stereocenters. The second-order valence-electron chi connectivity index (χ2n) is 2.70. The zero-order valence-electron chi connectivity index (χ0n) is 7.71. The Hall–Kier alpha value is -0.490. The van der Waals surface area contributed by atoms with Gasteiger partial charge in [-0.1, -0.05) is 6.92 Å². The molecule has 1 rings (SSSR count). The van der Waals surface area contributed by atoms with Crippen LogP contribution in [0.2, 0.25) is 0 Å². The highest BCUT2D eigenvalue weighted by atomic mass is 79.9. The molecule has 78 valence electrons. The summed E-state index contributed by atoms with van der Waals surface area (Å²) >= 11 is 4.60. The summed E-state index contributed by atoms with van der Waals surface area (Å²) in [6, 6.07) is 0. The molecule has 0 fully saturated rings. The number of halogens is 1. The van der Waals surface area contributed by atoms with E-state index in [1.165, 1.54) is 0 Å². The molecule has 0 saturated carbocycles. The van der Waals surface area contributed by atoms with E-state index in [1.807, 2.05) is 0 Å².